The first-order chi connectivity index (χ1) is 13.8. The fourth-order valence-corrected chi connectivity index (χ4v) is 2.69. The van der Waals surface area contributed by atoms with Crippen molar-refractivity contribution in [2.75, 3.05) is 18.5 Å². The summed E-state index contributed by atoms with van der Waals surface area (Å²) < 4.78 is 44.2. The van der Waals surface area contributed by atoms with Crippen molar-refractivity contribution in [3.8, 4) is 0 Å². The monoisotopic (exact) mass is 406 g/mol. The van der Waals surface area contributed by atoms with Gasteiger partial charge in [0.1, 0.15) is 6.54 Å². The number of nitrogens with zero attached hydrogens (tertiary/aromatic N) is 1. The van der Waals surface area contributed by atoms with Gasteiger partial charge >= 0.3 is 5.97 Å². The maximum Gasteiger partial charge on any atom is 0.326 e. The Balaban J connectivity index is 1.56. The first-order valence-electron chi connectivity index (χ1n) is 8.29. The normalized spacial score (nSPS) is 13.1. The molecule has 1 N–H and O–H groups in total. The molecule has 0 aromatic heterocycles. The topological polar surface area (TPSA) is 92.8 Å². The summed E-state index contributed by atoms with van der Waals surface area (Å²) in [4.78, 5) is 48.8. The molecule has 10 heteroatoms. The quantitative estimate of drug-likeness (QED) is 0.465. The molecule has 0 saturated heterocycles. The molecular formula is C19H13F3N2O5. The molecule has 1 aliphatic heterocycles. The zero-order valence-corrected chi connectivity index (χ0v) is 14.7. The Labute approximate surface area is 162 Å². The molecule has 0 aliphatic carbocycles. The lowest BCUT2D eigenvalue weighted by molar-refractivity contribution is -0.150. The second-order valence-corrected chi connectivity index (χ2v) is 6.05. The Morgan fingerprint density at radius 1 is 1.03 bits per heavy atom. The van der Waals surface area contributed by atoms with Gasteiger partial charge in [-0.2, -0.15) is 0 Å². The summed E-state index contributed by atoms with van der Waals surface area (Å²) in [5.41, 5.74) is 0.189. The van der Waals surface area contributed by atoms with E-state index in [0.29, 0.717) is 16.5 Å². The highest BCUT2D eigenvalue weighted by Crippen LogP contribution is 2.20. The Morgan fingerprint density at radius 2 is 1.76 bits per heavy atom. The lowest BCUT2D eigenvalue weighted by Crippen LogP contribution is -2.45. The molecule has 3 amide bonds. The summed E-state index contributed by atoms with van der Waals surface area (Å²) in [6, 6.07) is 7.86. The second-order valence-electron chi connectivity index (χ2n) is 6.05. The summed E-state index contributed by atoms with van der Waals surface area (Å²) in [5, 5.41) is 1.92. The number of anilines is 1. The van der Waals surface area contributed by atoms with Crippen LogP contribution in [0, 0.1) is 17.5 Å². The average molecular weight is 406 g/mol. The molecule has 0 unspecified atom stereocenters. The number of rotatable bonds is 5. The Hall–Kier alpha value is -3.69. The van der Waals surface area contributed by atoms with Gasteiger partial charge in [0.15, 0.2) is 24.1 Å². The molecule has 1 aliphatic rings. The van der Waals surface area contributed by atoms with E-state index in [9.17, 15) is 32.3 Å². The van der Waals surface area contributed by atoms with Gasteiger partial charge in [-0.25, -0.2) is 13.2 Å². The largest absolute Gasteiger partial charge is 0.454 e. The summed E-state index contributed by atoms with van der Waals surface area (Å²) in [5.74, 6) is -8.13. The number of hydrogen-bond acceptors (Lipinski definition) is 5. The average Bonchev–Trinajstić information content (AvgIpc) is 2.70. The number of nitrogens with one attached hydrogen (secondary N) is 1. The maximum absolute atomic E-state index is 13.5. The molecule has 3 rings (SSSR count). The number of halogens is 3. The van der Waals surface area contributed by atoms with Crippen LogP contribution in [0.1, 0.15) is 15.9 Å². The van der Waals surface area contributed by atoms with Crippen molar-refractivity contribution in [1.82, 2.24) is 4.90 Å². The van der Waals surface area contributed by atoms with Crippen LogP contribution < -0.4 is 5.32 Å². The van der Waals surface area contributed by atoms with Gasteiger partial charge in [-0.05, 0) is 23.8 Å². The number of esters is 1. The number of amides is 3. The van der Waals surface area contributed by atoms with Crippen LogP contribution in [0.5, 0.6) is 0 Å². The van der Waals surface area contributed by atoms with Crippen LogP contribution in [-0.2, 0) is 25.5 Å². The van der Waals surface area contributed by atoms with Crippen molar-refractivity contribution < 1.29 is 37.1 Å². The first kappa shape index (κ1) is 20.1. The SMILES string of the molecule is O=C(COC(=O)CN1C(=O)Cc2ccccc2C1=O)Nc1ccc(F)c(F)c1F. The van der Waals surface area contributed by atoms with Crippen molar-refractivity contribution in [3.05, 3.63) is 65.0 Å². The molecule has 0 atom stereocenters. The minimum absolute atomic E-state index is 0.0644. The van der Waals surface area contributed by atoms with Crippen LogP contribution >= 0.6 is 0 Å². The molecule has 0 bridgehead atoms. The van der Waals surface area contributed by atoms with Crippen molar-refractivity contribution >= 4 is 29.4 Å². The van der Waals surface area contributed by atoms with E-state index in [1.807, 2.05) is 5.32 Å². The van der Waals surface area contributed by atoms with E-state index in [-0.39, 0.29) is 12.0 Å². The van der Waals surface area contributed by atoms with Gasteiger partial charge in [0.2, 0.25) is 5.91 Å². The maximum atomic E-state index is 13.5. The second kappa shape index (κ2) is 8.13. The summed E-state index contributed by atoms with van der Waals surface area (Å²) in [7, 11) is 0. The van der Waals surface area contributed by atoms with Crippen molar-refractivity contribution in [1.29, 1.82) is 0 Å². The van der Waals surface area contributed by atoms with Crippen LogP contribution in [0.15, 0.2) is 36.4 Å². The number of imide groups is 1. The highest BCUT2D eigenvalue weighted by atomic mass is 19.2. The molecule has 7 nitrogen and oxygen atoms in total. The molecule has 0 radical (unpaired) electrons. The number of hydrogen-bond donors (Lipinski definition) is 1. The van der Waals surface area contributed by atoms with Gasteiger partial charge in [0, 0.05) is 5.56 Å². The van der Waals surface area contributed by atoms with E-state index in [1.165, 1.54) is 6.07 Å². The fraction of sp³-hybridized carbons (Fsp3) is 0.158. The molecule has 0 spiro atoms. The van der Waals surface area contributed by atoms with Crippen molar-refractivity contribution in [3.63, 3.8) is 0 Å². The molecule has 150 valence electrons. The van der Waals surface area contributed by atoms with E-state index in [2.05, 4.69) is 4.74 Å². The van der Waals surface area contributed by atoms with Gasteiger partial charge in [-0.3, -0.25) is 24.1 Å². The first-order valence-corrected chi connectivity index (χ1v) is 8.29. The highest BCUT2D eigenvalue weighted by molar-refractivity contribution is 6.11. The molecule has 0 saturated carbocycles. The van der Waals surface area contributed by atoms with Gasteiger partial charge in [-0.1, -0.05) is 18.2 Å². The lowest BCUT2D eigenvalue weighted by Gasteiger charge is -2.25. The molecular weight excluding hydrogens is 393 g/mol. The van der Waals surface area contributed by atoms with E-state index in [4.69, 9.17) is 0 Å². The fourth-order valence-electron chi connectivity index (χ4n) is 2.69. The minimum Gasteiger partial charge on any atom is -0.454 e. The summed E-state index contributed by atoms with van der Waals surface area (Å²) >= 11 is 0. The van der Waals surface area contributed by atoms with Crippen molar-refractivity contribution in [2.24, 2.45) is 0 Å². The number of carbonyl (C=O) groups excluding carboxylic acids is 4. The van der Waals surface area contributed by atoms with Gasteiger partial charge in [0.05, 0.1) is 12.1 Å². The standard InChI is InChI=1S/C19H13F3N2O5/c20-12-5-6-13(18(22)17(12)21)23-14(25)9-29-16(27)8-24-15(26)7-10-3-1-2-4-11(10)19(24)28/h1-6H,7-9H2,(H,23,25). The Bertz CT molecular complexity index is 1020. The lowest BCUT2D eigenvalue weighted by atomic mass is 9.98. The van der Waals surface area contributed by atoms with Crippen LogP contribution in [0.3, 0.4) is 0 Å². The third kappa shape index (κ3) is 4.26. The summed E-state index contributed by atoms with van der Waals surface area (Å²) in [6.07, 6.45) is -0.0644. The highest BCUT2D eigenvalue weighted by Gasteiger charge is 2.32. The molecule has 2 aromatic carbocycles. The van der Waals surface area contributed by atoms with E-state index >= 15 is 0 Å². The number of benzene rings is 2. The molecule has 0 fully saturated rings. The third-order valence-electron chi connectivity index (χ3n) is 4.10. The van der Waals surface area contributed by atoms with Crippen LogP contribution in [0.2, 0.25) is 0 Å². The molecule has 2 aromatic rings. The van der Waals surface area contributed by atoms with E-state index in [1.54, 1.807) is 18.2 Å². The van der Waals surface area contributed by atoms with Crippen LogP contribution in [0.25, 0.3) is 0 Å². The predicted molar refractivity (Wildman–Crippen MR) is 92.1 cm³/mol. The zero-order valence-electron chi connectivity index (χ0n) is 14.7. The molecule has 1 heterocycles. The smallest absolute Gasteiger partial charge is 0.326 e. The number of fused-ring (bicyclic) bond motifs is 1. The third-order valence-corrected chi connectivity index (χ3v) is 4.10. The number of ether oxygens (including phenoxy) is 1. The Morgan fingerprint density at radius 3 is 2.52 bits per heavy atom. The van der Waals surface area contributed by atoms with E-state index in [0.717, 1.165) is 6.07 Å². The van der Waals surface area contributed by atoms with Gasteiger partial charge in [-0.15, -0.1) is 0 Å². The van der Waals surface area contributed by atoms with Gasteiger partial charge < -0.3 is 10.1 Å². The molecule has 29 heavy (non-hydrogen) atoms. The van der Waals surface area contributed by atoms with Crippen LogP contribution in [0.4, 0.5) is 18.9 Å². The Kier molecular flexibility index (Phi) is 5.62. The zero-order chi connectivity index (χ0) is 21.1. The van der Waals surface area contributed by atoms with E-state index < -0.39 is 60.0 Å². The van der Waals surface area contributed by atoms with Crippen molar-refractivity contribution in [2.45, 2.75) is 6.42 Å². The van der Waals surface area contributed by atoms with Gasteiger partial charge in [0.25, 0.3) is 11.8 Å². The predicted octanol–water partition coefficient (Wildman–Crippen LogP) is 1.81. The summed E-state index contributed by atoms with van der Waals surface area (Å²) in [6.45, 7) is -1.59. The number of carbonyl (C=O) groups is 4. The van der Waals surface area contributed by atoms with Crippen LogP contribution in [-0.4, -0.2) is 41.7 Å². The minimum atomic E-state index is -1.76.